The number of hydrogen-bond donors (Lipinski definition) is 1. The largest absolute Gasteiger partial charge is 0.494 e. The normalized spacial score (nSPS) is 14.9. The minimum absolute atomic E-state index is 0.0553. The first-order valence-corrected chi connectivity index (χ1v) is 12.9. The van der Waals surface area contributed by atoms with E-state index < -0.39 is 6.04 Å². The molecule has 0 heterocycles. The predicted molar refractivity (Wildman–Crippen MR) is 137 cm³/mol. The highest BCUT2D eigenvalue weighted by atomic mass is 35.5. The molecule has 0 unspecified atom stereocenters. The van der Waals surface area contributed by atoms with Crippen molar-refractivity contribution in [1.29, 1.82) is 0 Å². The van der Waals surface area contributed by atoms with Crippen LogP contribution < -0.4 is 10.1 Å². The van der Waals surface area contributed by atoms with Crippen LogP contribution in [0.3, 0.4) is 0 Å². The number of carbonyl (C=O) groups excluding carboxylic acids is 2. The molecule has 3 rings (SSSR count). The lowest BCUT2D eigenvalue weighted by Gasteiger charge is -2.33. The minimum Gasteiger partial charge on any atom is -0.494 e. The monoisotopic (exact) mass is 504 g/mol. The van der Waals surface area contributed by atoms with Crippen LogP contribution in [0.4, 0.5) is 0 Å². The number of nitrogens with one attached hydrogen (secondary N) is 1. The Kier molecular flexibility index (Phi) is 10.5. The Balaban J connectivity index is 1.63. The van der Waals surface area contributed by atoms with E-state index in [1.807, 2.05) is 31.2 Å². The number of amides is 2. The highest BCUT2D eigenvalue weighted by Crippen LogP contribution is 2.20. The Bertz CT molecular complexity index is 912. The van der Waals surface area contributed by atoms with E-state index in [4.69, 9.17) is 27.9 Å². The maximum Gasteiger partial charge on any atom is 0.243 e. The minimum atomic E-state index is -0.512. The molecular formula is C27H34Cl2N2O3. The van der Waals surface area contributed by atoms with Gasteiger partial charge in [-0.25, -0.2) is 0 Å². The molecule has 1 aliphatic rings. The molecular weight excluding hydrogens is 471 g/mol. The second kappa shape index (κ2) is 13.6. The van der Waals surface area contributed by atoms with Gasteiger partial charge in [0.2, 0.25) is 11.8 Å². The SMILES string of the molecule is CC[C@@H](C(=O)NC1CCCCC1)N(Cc1ccc(Cl)cc1)C(=O)CCCOc1ccc(Cl)cc1. The van der Waals surface area contributed by atoms with Crippen LogP contribution in [-0.2, 0) is 16.1 Å². The second-order valence-electron chi connectivity index (χ2n) is 8.82. The number of nitrogens with zero attached hydrogens (tertiary/aromatic N) is 1. The van der Waals surface area contributed by atoms with Crippen LogP contribution in [-0.4, -0.2) is 35.4 Å². The first-order chi connectivity index (χ1) is 16.5. The average molecular weight is 505 g/mol. The fraction of sp³-hybridized carbons (Fsp3) is 0.481. The molecule has 0 bridgehead atoms. The zero-order valence-electron chi connectivity index (χ0n) is 19.8. The zero-order valence-corrected chi connectivity index (χ0v) is 21.3. The summed E-state index contributed by atoms with van der Waals surface area (Å²) in [5, 5.41) is 4.50. The Morgan fingerprint density at radius 1 is 1.00 bits per heavy atom. The molecule has 34 heavy (non-hydrogen) atoms. The smallest absolute Gasteiger partial charge is 0.243 e. The summed E-state index contributed by atoms with van der Waals surface area (Å²) in [7, 11) is 0. The maximum atomic E-state index is 13.3. The molecule has 184 valence electrons. The molecule has 2 aromatic carbocycles. The molecule has 0 aromatic heterocycles. The third-order valence-corrected chi connectivity index (χ3v) is 6.72. The highest BCUT2D eigenvalue weighted by molar-refractivity contribution is 6.30. The Hall–Kier alpha value is -2.24. The van der Waals surface area contributed by atoms with Crippen molar-refractivity contribution in [3.8, 4) is 5.75 Å². The summed E-state index contributed by atoms with van der Waals surface area (Å²) >= 11 is 11.9. The molecule has 1 N–H and O–H groups in total. The van der Waals surface area contributed by atoms with E-state index in [0.717, 1.165) is 31.2 Å². The van der Waals surface area contributed by atoms with Gasteiger partial charge in [-0.3, -0.25) is 9.59 Å². The number of benzene rings is 2. The van der Waals surface area contributed by atoms with Crippen molar-refractivity contribution in [2.24, 2.45) is 0 Å². The molecule has 1 aliphatic carbocycles. The Labute approximate surface area is 212 Å². The van der Waals surface area contributed by atoms with Gasteiger partial charge in [-0.2, -0.15) is 0 Å². The third kappa shape index (κ3) is 8.21. The van der Waals surface area contributed by atoms with Crippen LogP contribution in [0.1, 0.15) is 63.9 Å². The number of hydrogen-bond acceptors (Lipinski definition) is 3. The standard InChI is InChI=1S/C27H34Cl2N2O3/c1-2-25(27(33)30-23-7-4-3-5-8-23)31(19-20-10-12-21(28)13-11-20)26(32)9-6-18-34-24-16-14-22(29)15-17-24/h10-17,23,25H,2-9,18-19H2,1H3,(H,30,33)/t25-/m0/s1. The predicted octanol–water partition coefficient (Wildman–Crippen LogP) is 6.41. The molecule has 0 spiro atoms. The van der Waals surface area contributed by atoms with Gasteiger partial charge in [0.05, 0.1) is 6.61 Å². The lowest BCUT2D eigenvalue weighted by atomic mass is 9.95. The quantitative estimate of drug-likeness (QED) is 0.359. The Morgan fingerprint density at radius 3 is 2.24 bits per heavy atom. The van der Waals surface area contributed by atoms with Crippen LogP contribution in [0, 0.1) is 0 Å². The van der Waals surface area contributed by atoms with Crippen LogP contribution in [0.25, 0.3) is 0 Å². The summed E-state index contributed by atoms with van der Waals surface area (Å²) in [6.45, 7) is 2.73. The maximum absolute atomic E-state index is 13.3. The number of ether oxygens (including phenoxy) is 1. The molecule has 0 saturated heterocycles. The molecule has 1 saturated carbocycles. The molecule has 5 nitrogen and oxygen atoms in total. The number of carbonyl (C=O) groups is 2. The molecule has 7 heteroatoms. The number of halogens is 2. The van der Waals surface area contributed by atoms with Gasteiger partial charge >= 0.3 is 0 Å². The lowest BCUT2D eigenvalue weighted by Crippen LogP contribution is -2.51. The first kappa shape index (κ1) is 26.4. The van der Waals surface area contributed by atoms with Crippen molar-refractivity contribution in [2.45, 2.75) is 76.9 Å². The van der Waals surface area contributed by atoms with Crippen molar-refractivity contribution in [2.75, 3.05) is 6.61 Å². The van der Waals surface area contributed by atoms with E-state index in [0.29, 0.717) is 48.2 Å². The lowest BCUT2D eigenvalue weighted by molar-refractivity contribution is -0.142. The summed E-state index contributed by atoms with van der Waals surface area (Å²) in [5.74, 6) is 0.600. The zero-order chi connectivity index (χ0) is 24.3. The van der Waals surface area contributed by atoms with E-state index >= 15 is 0 Å². The topological polar surface area (TPSA) is 58.6 Å². The molecule has 1 fully saturated rings. The van der Waals surface area contributed by atoms with Gasteiger partial charge < -0.3 is 15.0 Å². The van der Waals surface area contributed by atoms with Crippen molar-refractivity contribution >= 4 is 35.0 Å². The van der Waals surface area contributed by atoms with Crippen molar-refractivity contribution in [3.63, 3.8) is 0 Å². The van der Waals surface area contributed by atoms with E-state index in [2.05, 4.69) is 5.32 Å². The van der Waals surface area contributed by atoms with Crippen LogP contribution in [0.5, 0.6) is 5.75 Å². The fourth-order valence-electron chi connectivity index (χ4n) is 4.34. The summed E-state index contributed by atoms with van der Waals surface area (Å²) in [6, 6.07) is 14.3. The summed E-state index contributed by atoms with van der Waals surface area (Å²) in [5.41, 5.74) is 0.944. The Morgan fingerprint density at radius 2 is 1.62 bits per heavy atom. The van der Waals surface area contributed by atoms with Gasteiger partial charge in [0.25, 0.3) is 0 Å². The van der Waals surface area contributed by atoms with E-state index in [9.17, 15) is 9.59 Å². The van der Waals surface area contributed by atoms with Crippen molar-refractivity contribution < 1.29 is 14.3 Å². The summed E-state index contributed by atoms with van der Waals surface area (Å²) in [6.07, 6.45) is 6.94. The van der Waals surface area contributed by atoms with E-state index in [1.54, 1.807) is 29.2 Å². The van der Waals surface area contributed by atoms with Gasteiger partial charge in [-0.1, -0.05) is 61.5 Å². The molecule has 0 aliphatic heterocycles. The van der Waals surface area contributed by atoms with Crippen LogP contribution in [0.15, 0.2) is 48.5 Å². The van der Waals surface area contributed by atoms with Crippen molar-refractivity contribution in [1.82, 2.24) is 10.2 Å². The second-order valence-corrected chi connectivity index (χ2v) is 9.69. The summed E-state index contributed by atoms with van der Waals surface area (Å²) in [4.78, 5) is 28.2. The van der Waals surface area contributed by atoms with Gasteiger partial charge in [0, 0.05) is 29.1 Å². The number of rotatable bonds is 11. The van der Waals surface area contributed by atoms with Crippen LogP contribution >= 0.6 is 23.2 Å². The molecule has 2 amide bonds. The van der Waals surface area contributed by atoms with Gasteiger partial charge in [-0.15, -0.1) is 0 Å². The van der Waals surface area contributed by atoms with E-state index in [-0.39, 0.29) is 17.9 Å². The van der Waals surface area contributed by atoms with E-state index in [1.165, 1.54) is 6.42 Å². The van der Waals surface area contributed by atoms with Gasteiger partial charge in [0.15, 0.2) is 0 Å². The van der Waals surface area contributed by atoms with Crippen molar-refractivity contribution in [3.05, 3.63) is 64.1 Å². The van der Waals surface area contributed by atoms with Gasteiger partial charge in [0.1, 0.15) is 11.8 Å². The summed E-state index contributed by atoms with van der Waals surface area (Å²) < 4.78 is 5.73. The van der Waals surface area contributed by atoms with Crippen LogP contribution in [0.2, 0.25) is 10.0 Å². The molecule has 0 radical (unpaired) electrons. The average Bonchev–Trinajstić information content (AvgIpc) is 2.84. The molecule has 2 aromatic rings. The highest BCUT2D eigenvalue weighted by Gasteiger charge is 2.30. The van der Waals surface area contributed by atoms with Gasteiger partial charge in [-0.05, 0) is 67.6 Å². The third-order valence-electron chi connectivity index (χ3n) is 6.22. The fourth-order valence-corrected chi connectivity index (χ4v) is 4.59. The molecule has 1 atom stereocenters. The first-order valence-electron chi connectivity index (χ1n) is 12.2.